The van der Waals surface area contributed by atoms with Crippen LogP contribution in [0.1, 0.15) is 42.0 Å². The molecule has 1 heterocycles. The summed E-state index contributed by atoms with van der Waals surface area (Å²) in [6.45, 7) is 8.01. The predicted molar refractivity (Wildman–Crippen MR) is 82.1 cm³/mol. The highest BCUT2D eigenvalue weighted by atomic mass is 32.2. The summed E-state index contributed by atoms with van der Waals surface area (Å²) in [5.74, 6) is 0. The Labute approximate surface area is 124 Å². The zero-order valence-electron chi connectivity index (χ0n) is 12.3. The van der Waals surface area contributed by atoms with E-state index in [-0.39, 0.29) is 0 Å². The Morgan fingerprint density at radius 1 is 1.10 bits per heavy atom. The fourth-order valence-electron chi connectivity index (χ4n) is 1.95. The van der Waals surface area contributed by atoms with Gasteiger partial charge < -0.3 is 5.11 Å². The highest BCUT2D eigenvalue weighted by Gasteiger charge is 2.13. The Morgan fingerprint density at radius 3 is 2.30 bits per heavy atom. The predicted octanol–water partition coefficient (Wildman–Crippen LogP) is 4.00. The molecule has 0 radical (unpaired) electrons. The van der Waals surface area contributed by atoms with Crippen LogP contribution in [0.25, 0.3) is 0 Å². The van der Waals surface area contributed by atoms with Crippen molar-refractivity contribution >= 4 is 11.8 Å². The van der Waals surface area contributed by atoms with E-state index in [0.717, 1.165) is 32.6 Å². The van der Waals surface area contributed by atoms with E-state index in [0.29, 0.717) is 6.42 Å². The highest BCUT2D eigenvalue weighted by Crippen LogP contribution is 2.32. The maximum absolute atomic E-state index is 10.1. The molecule has 0 saturated heterocycles. The van der Waals surface area contributed by atoms with E-state index in [1.165, 1.54) is 11.8 Å². The summed E-state index contributed by atoms with van der Waals surface area (Å²) in [6, 6.07) is 7.89. The molecular weight excluding hydrogens is 268 g/mol. The molecule has 0 bridgehead atoms. The van der Waals surface area contributed by atoms with Crippen molar-refractivity contribution in [2.24, 2.45) is 0 Å². The van der Waals surface area contributed by atoms with Gasteiger partial charge in [0.25, 0.3) is 0 Å². The first-order valence-electron chi connectivity index (χ1n) is 6.79. The Hall–Kier alpha value is -1.39. The quantitative estimate of drug-likeness (QED) is 0.864. The number of aliphatic hydroxyl groups is 1. The number of hydrogen-bond donors (Lipinski definition) is 1. The molecule has 20 heavy (non-hydrogen) atoms. The molecule has 2 rings (SSSR count). The minimum absolute atomic E-state index is 0.439. The van der Waals surface area contributed by atoms with Gasteiger partial charge in [-0.05, 0) is 56.1 Å². The summed E-state index contributed by atoms with van der Waals surface area (Å²) in [4.78, 5) is 10.1. The number of benzene rings is 1. The summed E-state index contributed by atoms with van der Waals surface area (Å²) in [5.41, 5.74) is 4.10. The van der Waals surface area contributed by atoms with Crippen molar-refractivity contribution in [3.63, 3.8) is 0 Å². The van der Waals surface area contributed by atoms with Crippen LogP contribution in [0.4, 0.5) is 0 Å². The van der Waals surface area contributed by atoms with Gasteiger partial charge in [-0.25, -0.2) is 9.97 Å². The lowest BCUT2D eigenvalue weighted by Crippen LogP contribution is -2.00. The molecule has 1 aromatic carbocycles. The third-order valence-corrected chi connectivity index (χ3v) is 4.43. The topological polar surface area (TPSA) is 46.0 Å². The van der Waals surface area contributed by atoms with Crippen molar-refractivity contribution in [1.82, 2.24) is 9.97 Å². The van der Waals surface area contributed by atoms with Crippen molar-refractivity contribution in [2.75, 3.05) is 0 Å². The molecule has 2 aromatic rings. The number of aromatic nitrogens is 2. The number of aliphatic hydroxyl groups excluding tert-OH is 1. The number of nitrogens with zero attached hydrogens (tertiary/aromatic N) is 2. The minimum Gasteiger partial charge on any atom is -0.388 e. The van der Waals surface area contributed by atoms with Crippen molar-refractivity contribution in [3.05, 3.63) is 46.8 Å². The molecular formula is C16H20N2OS. The molecule has 1 atom stereocenters. The van der Waals surface area contributed by atoms with Gasteiger partial charge in [0, 0.05) is 16.3 Å². The van der Waals surface area contributed by atoms with Gasteiger partial charge in [-0.2, -0.15) is 0 Å². The summed E-state index contributed by atoms with van der Waals surface area (Å²) >= 11 is 1.51. The maximum atomic E-state index is 10.1. The molecule has 0 saturated carbocycles. The lowest BCUT2D eigenvalue weighted by Gasteiger charge is -2.13. The Balaban J connectivity index is 2.35. The fraction of sp³-hybridized carbons (Fsp3) is 0.375. The number of rotatable bonds is 4. The second kappa shape index (κ2) is 6.37. The summed E-state index contributed by atoms with van der Waals surface area (Å²) in [6.07, 6.45) is 0.260. The fourth-order valence-corrected chi connectivity index (χ4v) is 2.98. The van der Waals surface area contributed by atoms with Crippen LogP contribution in [0, 0.1) is 20.8 Å². The third-order valence-electron chi connectivity index (χ3n) is 3.48. The molecule has 0 fully saturated rings. The molecule has 106 valence electrons. The monoisotopic (exact) mass is 288 g/mol. The normalized spacial score (nSPS) is 12.4. The standard InChI is InChI=1S/C16H20N2OS/c1-5-14(19)13-8-6-7-9-15(13)20-16-17-11(3)10(2)12(4)18-16/h6-9,14,19H,5H2,1-4H3/t14-/m1/s1. The van der Waals surface area contributed by atoms with Crippen molar-refractivity contribution in [2.45, 2.75) is 50.3 Å². The number of hydrogen-bond acceptors (Lipinski definition) is 4. The number of aryl methyl sites for hydroxylation is 2. The second-order valence-corrected chi connectivity index (χ2v) is 5.88. The van der Waals surface area contributed by atoms with Gasteiger partial charge in [-0.1, -0.05) is 25.1 Å². The lowest BCUT2D eigenvalue weighted by atomic mass is 10.1. The van der Waals surface area contributed by atoms with Crippen LogP contribution in [-0.2, 0) is 0 Å². The van der Waals surface area contributed by atoms with Gasteiger partial charge >= 0.3 is 0 Å². The minimum atomic E-state index is -0.439. The molecule has 3 nitrogen and oxygen atoms in total. The maximum Gasteiger partial charge on any atom is 0.192 e. The summed E-state index contributed by atoms with van der Waals surface area (Å²) in [7, 11) is 0. The zero-order valence-corrected chi connectivity index (χ0v) is 13.2. The highest BCUT2D eigenvalue weighted by molar-refractivity contribution is 7.99. The smallest absolute Gasteiger partial charge is 0.192 e. The summed E-state index contributed by atoms with van der Waals surface area (Å²) in [5, 5.41) is 10.8. The van der Waals surface area contributed by atoms with Gasteiger partial charge in [0.15, 0.2) is 5.16 Å². The SMILES string of the molecule is CC[C@@H](O)c1ccccc1Sc1nc(C)c(C)c(C)n1. The van der Waals surface area contributed by atoms with Gasteiger partial charge in [-0.3, -0.25) is 0 Å². The first-order valence-corrected chi connectivity index (χ1v) is 7.61. The van der Waals surface area contributed by atoms with E-state index in [4.69, 9.17) is 0 Å². The van der Waals surface area contributed by atoms with Crippen LogP contribution in [0.5, 0.6) is 0 Å². The van der Waals surface area contributed by atoms with Crippen molar-refractivity contribution < 1.29 is 5.11 Å². The molecule has 0 aliphatic carbocycles. The van der Waals surface area contributed by atoms with Crippen LogP contribution in [-0.4, -0.2) is 15.1 Å². The van der Waals surface area contributed by atoms with Crippen LogP contribution < -0.4 is 0 Å². The zero-order chi connectivity index (χ0) is 14.7. The lowest BCUT2D eigenvalue weighted by molar-refractivity contribution is 0.171. The van der Waals surface area contributed by atoms with Gasteiger partial charge in [-0.15, -0.1) is 0 Å². The first-order chi connectivity index (χ1) is 9.52. The second-order valence-electron chi connectivity index (χ2n) is 4.87. The van der Waals surface area contributed by atoms with Crippen LogP contribution in [0.2, 0.25) is 0 Å². The Bertz CT molecular complexity index is 590. The van der Waals surface area contributed by atoms with Crippen LogP contribution in [0.15, 0.2) is 34.3 Å². The van der Waals surface area contributed by atoms with Crippen LogP contribution >= 0.6 is 11.8 Å². The third kappa shape index (κ3) is 3.19. The van der Waals surface area contributed by atoms with Gasteiger partial charge in [0.2, 0.25) is 0 Å². The van der Waals surface area contributed by atoms with E-state index in [9.17, 15) is 5.11 Å². The Morgan fingerprint density at radius 2 is 1.70 bits per heavy atom. The molecule has 4 heteroatoms. The van der Waals surface area contributed by atoms with Crippen molar-refractivity contribution in [1.29, 1.82) is 0 Å². The van der Waals surface area contributed by atoms with Crippen LogP contribution in [0.3, 0.4) is 0 Å². The van der Waals surface area contributed by atoms with Crippen molar-refractivity contribution in [3.8, 4) is 0 Å². The molecule has 0 unspecified atom stereocenters. The van der Waals surface area contributed by atoms with E-state index in [1.54, 1.807) is 0 Å². The van der Waals surface area contributed by atoms with Gasteiger partial charge in [0.1, 0.15) is 0 Å². The summed E-state index contributed by atoms with van der Waals surface area (Å²) < 4.78 is 0. The Kier molecular flexibility index (Phi) is 4.78. The molecule has 0 spiro atoms. The molecule has 0 aliphatic heterocycles. The van der Waals surface area contributed by atoms with E-state index in [2.05, 4.69) is 9.97 Å². The van der Waals surface area contributed by atoms with E-state index >= 15 is 0 Å². The van der Waals surface area contributed by atoms with E-state index < -0.39 is 6.10 Å². The van der Waals surface area contributed by atoms with Gasteiger partial charge in [0.05, 0.1) is 6.10 Å². The molecule has 1 aromatic heterocycles. The molecule has 0 aliphatic rings. The molecule has 1 N–H and O–H groups in total. The first kappa shape index (κ1) is 15.0. The average molecular weight is 288 g/mol. The largest absolute Gasteiger partial charge is 0.388 e. The average Bonchev–Trinajstić information content (AvgIpc) is 2.44. The molecule has 0 amide bonds. The van der Waals surface area contributed by atoms with E-state index in [1.807, 2.05) is 52.0 Å².